The fraction of sp³-hybridized carbons (Fsp3) is 1.00. The van der Waals surface area contributed by atoms with Crippen molar-refractivity contribution in [1.29, 1.82) is 0 Å². The monoisotopic (exact) mass is 155 g/mol. The van der Waals surface area contributed by atoms with Crippen LogP contribution in [0.5, 0.6) is 0 Å². The maximum atomic E-state index is 5.90. The molecule has 0 saturated heterocycles. The second-order valence-corrected chi connectivity index (χ2v) is 4.42. The van der Waals surface area contributed by atoms with Gasteiger partial charge in [0.25, 0.3) is 0 Å². The van der Waals surface area contributed by atoms with Crippen molar-refractivity contribution in [2.24, 2.45) is 17.6 Å². The maximum absolute atomic E-state index is 5.90. The predicted octanol–water partition coefficient (Wildman–Crippen LogP) is 2.55. The third-order valence-electron chi connectivity index (χ3n) is 2.63. The van der Waals surface area contributed by atoms with Crippen LogP contribution in [0.2, 0.25) is 0 Å². The molecule has 1 unspecified atom stereocenters. The second kappa shape index (κ2) is 4.10. The lowest BCUT2D eigenvalue weighted by Gasteiger charge is -2.27. The smallest absolute Gasteiger partial charge is 0.00414 e. The SMILES string of the molecule is CC(C)CC1CCC[C@H](N)C1. The van der Waals surface area contributed by atoms with E-state index in [1.54, 1.807) is 0 Å². The highest BCUT2D eigenvalue weighted by atomic mass is 14.6. The highest BCUT2D eigenvalue weighted by Crippen LogP contribution is 2.28. The van der Waals surface area contributed by atoms with Gasteiger partial charge in [0.2, 0.25) is 0 Å². The first kappa shape index (κ1) is 9.05. The Balaban J connectivity index is 2.23. The second-order valence-electron chi connectivity index (χ2n) is 4.42. The molecule has 2 N–H and O–H groups in total. The van der Waals surface area contributed by atoms with Crippen LogP contribution < -0.4 is 5.73 Å². The van der Waals surface area contributed by atoms with Crippen LogP contribution in [-0.4, -0.2) is 6.04 Å². The molecule has 0 radical (unpaired) electrons. The van der Waals surface area contributed by atoms with Gasteiger partial charge in [0.1, 0.15) is 0 Å². The van der Waals surface area contributed by atoms with Gasteiger partial charge < -0.3 is 5.73 Å². The first-order valence-corrected chi connectivity index (χ1v) is 4.94. The number of rotatable bonds is 2. The molecule has 0 aromatic carbocycles. The van der Waals surface area contributed by atoms with E-state index in [9.17, 15) is 0 Å². The first-order valence-electron chi connectivity index (χ1n) is 4.94. The summed E-state index contributed by atoms with van der Waals surface area (Å²) in [7, 11) is 0. The Morgan fingerprint density at radius 3 is 2.64 bits per heavy atom. The third-order valence-corrected chi connectivity index (χ3v) is 2.63. The Morgan fingerprint density at radius 1 is 1.36 bits per heavy atom. The van der Waals surface area contributed by atoms with Crippen LogP contribution >= 0.6 is 0 Å². The highest BCUT2D eigenvalue weighted by molar-refractivity contribution is 4.75. The summed E-state index contributed by atoms with van der Waals surface area (Å²) in [5.41, 5.74) is 5.90. The summed E-state index contributed by atoms with van der Waals surface area (Å²) in [6, 6.07) is 0.507. The van der Waals surface area contributed by atoms with Gasteiger partial charge in [-0.3, -0.25) is 0 Å². The van der Waals surface area contributed by atoms with Gasteiger partial charge >= 0.3 is 0 Å². The van der Waals surface area contributed by atoms with E-state index in [0.717, 1.165) is 11.8 Å². The van der Waals surface area contributed by atoms with Crippen molar-refractivity contribution in [3.8, 4) is 0 Å². The number of nitrogens with two attached hydrogens (primary N) is 1. The van der Waals surface area contributed by atoms with Crippen molar-refractivity contribution in [2.45, 2.75) is 52.0 Å². The molecule has 0 spiro atoms. The normalized spacial score (nSPS) is 32.7. The Bertz CT molecular complexity index is 107. The number of hydrogen-bond acceptors (Lipinski definition) is 1. The van der Waals surface area contributed by atoms with Crippen molar-refractivity contribution >= 4 is 0 Å². The summed E-state index contributed by atoms with van der Waals surface area (Å²) in [4.78, 5) is 0. The molecule has 1 aliphatic carbocycles. The van der Waals surface area contributed by atoms with Gasteiger partial charge in [0.15, 0.2) is 0 Å². The molecular formula is C10H21N. The summed E-state index contributed by atoms with van der Waals surface area (Å²) in [6.45, 7) is 4.61. The fourth-order valence-electron chi connectivity index (χ4n) is 2.21. The zero-order valence-corrected chi connectivity index (χ0v) is 7.84. The molecule has 0 aliphatic heterocycles. The van der Waals surface area contributed by atoms with Crippen LogP contribution in [0.1, 0.15) is 46.0 Å². The van der Waals surface area contributed by atoms with E-state index in [2.05, 4.69) is 13.8 Å². The lowest BCUT2D eigenvalue weighted by atomic mass is 9.81. The highest BCUT2D eigenvalue weighted by Gasteiger charge is 2.19. The minimum Gasteiger partial charge on any atom is -0.328 e. The summed E-state index contributed by atoms with van der Waals surface area (Å²) >= 11 is 0. The molecule has 1 saturated carbocycles. The van der Waals surface area contributed by atoms with E-state index in [1.165, 1.54) is 32.1 Å². The van der Waals surface area contributed by atoms with Crippen molar-refractivity contribution in [1.82, 2.24) is 0 Å². The van der Waals surface area contributed by atoms with Gasteiger partial charge in [-0.25, -0.2) is 0 Å². The minimum atomic E-state index is 0.507. The molecule has 0 amide bonds. The molecule has 1 aliphatic rings. The van der Waals surface area contributed by atoms with Crippen molar-refractivity contribution in [3.63, 3.8) is 0 Å². The Morgan fingerprint density at radius 2 is 2.09 bits per heavy atom. The summed E-state index contributed by atoms with van der Waals surface area (Å²) in [6.07, 6.45) is 6.70. The summed E-state index contributed by atoms with van der Waals surface area (Å²) in [5.74, 6) is 1.78. The van der Waals surface area contributed by atoms with Crippen LogP contribution in [0.3, 0.4) is 0 Å². The molecule has 0 heterocycles. The standard InChI is InChI=1S/C10H21N/c1-8(2)6-9-4-3-5-10(11)7-9/h8-10H,3-7,11H2,1-2H3/t9?,10-/m0/s1. The topological polar surface area (TPSA) is 26.0 Å². The van der Waals surface area contributed by atoms with Gasteiger partial charge in [0, 0.05) is 6.04 Å². The van der Waals surface area contributed by atoms with E-state index >= 15 is 0 Å². The van der Waals surface area contributed by atoms with Gasteiger partial charge in [-0.05, 0) is 31.1 Å². The first-order chi connectivity index (χ1) is 5.18. The summed E-state index contributed by atoms with van der Waals surface area (Å²) in [5, 5.41) is 0. The van der Waals surface area contributed by atoms with Gasteiger partial charge in [-0.15, -0.1) is 0 Å². The number of hydrogen-bond donors (Lipinski definition) is 1. The van der Waals surface area contributed by atoms with Crippen molar-refractivity contribution < 1.29 is 0 Å². The quantitative estimate of drug-likeness (QED) is 0.651. The van der Waals surface area contributed by atoms with Crippen molar-refractivity contribution in [3.05, 3.63) is 0 Å². The molecule has 0 aromatic rings. The molecule has 0 aromatic heterocycles. The molecule has 66 valence electrons. The minimum absolute atomic E-state index is 0.507. The fourth-order valence-corrected chi connectivity index (χ4v) is 2.21. The van der Waals surface area contributed by atoms with E-state index in [1.807, 2.05) is 0 Å². The van der Waals surface area contributed by atoms with E-state index in [4.69, 9.17) is 5.73 Å². The van der Waals surface area contributed by atoms with E-state index in [-0.39, 0.29) is 0 Å². The van der Waals surface area contributed by atoms with Crippen LogP contribution in [-0.2, 0) is 0 Å². The van der Waals surface area contributed by atoms with E-state index in [0.29, 0.717) is 6.04 Å². The molecule has 11 heavy (non-hydrogen) atoms. The molecule has 1 rings (SSSR count). The molecule has 0 bridgehead atoms. The van der Waals surface area contributed by atoms with Gasteiger partial charge in [-0.2, -0.15) is 0 Å². The third kappa shape index (κ3) is 3.24. The van der Waals surface area contributed by atoms with E-state index < -0.39 is 0 Å². The molecular weight excluding hydrogens is 134 g/mol. The zero-order valence-electron chi connectivity index (χ0n) is 7.84. The van der Waals surface area contributed by atoms with Gasteiger partial charge in [0.05, 0.1) is 0 Å². The summed E-state index contributed by atoms with van der Waals surface area (Å²) < 4.78 is 0. The Labute approximate surface area is 70.4 Å². The van der Waals surface area contributed by atoms with Crippen LogP contribution in [0.4, 0.5) is 0 Å². The average molecular weight is 155 g/mol. The average Bonchev–Trinajstić information content (AvgIpc) is 1.85. The lowest BCUT2D eigenvalue weighted by Crippen LogP contribution is -2.28. The van der Waals surface area contributed by atoms with Gasteiger partial charge in [-0.1, -0.05) is 26.7 Å². The maximum Gasteiger partial charge on any atom is 0.00414 e. The molecule has 1 heteroatoms. The molecule has 1 nitrogen and oxygen atoms in total. The Kier molecular flexibility index (Phi) is 3.38. The molecule has 1 fully saturated rings. The molecule has 2 atom stereocenters. The van der Waals surface area contributed by atoms with Crippen LogP contribution in [0.25, 0.3) is 0 Å². The van der Waals surface area contributed by atoms with Crippen LogP contribution in [0.15, 0.2) is 0 Å². The van der Waals surface area contributed by atoms with Crippen molar-refractivity contribution in [2.75, 3.05) is 0 Å². The van der Waals surface area contributed by atoms with Crippen LogP contribution in [0, 0.1) is 11.8 Å². The predicted molar refractivity (Wildman–Crippen MR) is 49.4 cm³/mol. The lowest BCUT2D eigenvalue weighted by molar-refractivity contribution is 0.280. The Hall–Kier alpha value is -0.0400. The largest absolute Gasteiger partial charge is 0.328 e. The zero-order chi connectivity index (χ0) is 8.27.